The molecule has 0 amide bonds. The Bertz CT molecular complexity index is 426. The summed E-state index contributed by atoms with van der Waals surface area (Å²) >= 11 is 0.863. The van der Waals surface area contributed by atoms with Crippen LogP contribution in [0, 0.1) is 0 Å². The Morgan fingerprint density at radius 2 is 1.96 bits per heavy atom. The predicted molar refractivity (Wildman–Crippen MR) is 84.2 cm³/mol. The summed E-state index contributed by atoms with van der Waals surface area (Å²) in [7, 11) is 0. The number of hydrogen-bond donors (Lipinski definition) is 3. The molecule has 4 atom stereocenters. The third-order valence-corrected chi connectivity index (χ3v) is 4.94. The maximum atomic E-state index is 12.2. The summed E-state index contributed by atoms with van der Waals surface area (Å²) in [6.07, 6.45) is 0.225. The molecule has 3 N–H and O–H groups in total. The minimum Gasteiger partial charge on any atom is -0.479 e. The number of Topliss-reactive ketones (excluding diaryl/α,β-unsaturated/α-hetero) is 1. The molecule has 0 unspecified atom stereocenters. The van der Waals surface area contributed by atoms with Crippen LogP contribution in [0.15, 0.2) is 0 Å². The van der Waals surface area contributed by atoms with Gasteiger partial charge in [0.1, 0.15) is 11.4 Å². The van der Waals surface area contributed by atoms with Gasteiger partial charge in [-0.25, -0.2) is 4.79 Å². The summed E-state index contributed by atoms with van der Waals surface area (Å²) in [4.78, 5) is 34.8. The Balaban J connectivity index is 2.75. The van der Waals surface area contributed by atoms with E-state index >= 15 is 0 Å². The van der Waals surface area contributed by atoms with Gasteiger partial charge < -0.3 is 20.1 Å². The molecule has 132 valence electrons. The van der Waals surface area contributed by atoms with E-state index < -0.39 is 35.2 Å². The van der Waals surface area contributed by atoms with Crippen LogP contribution in [-0.4, -0.2) is 62.4 Å². The summed E-state index contributed by atoms with van der Waals surface area (Å²) < 4.78 is 5.29. The zero-order chi connectivity index (χ0) is 17.4. The highest BCUT2D eigenvalue weighted by atomic mass is 32.2. The molecule has 0 spiro atoms. The van der Waals surface area contributed by atoms with Gasteiger partial charge in [0.05, 0.1) is 6.10 Å². The van der Waals surface area contributed by atoms with Gasteiger partial charge in [0.25, 0.3) is 0 Å². The summed E-state index contributed by atoms with van der Waals surface area (Å²) in [6.45, 7) is 1.77. The Kier molecular flexibility index (Phi) is 8.57. The number of aliphatic hydroxyl groups is 2. The van der Waals surface area contributed by atoms with Crippen LogP contribution in [0.2, 0.25) is 0 Å². The van der Waals surface area contributed by atoms with Crippen LogP contribution in [0.25, 0.3) is 0 Å². The highest BCUT2D eigenvalue weighted by Crippen LogP contribution is 2.22. The molecule has 0 aromatic rings. The highest BCUT2D eigenvalue weighted by Gasteiger charge is 2.30. The lowest BCUT2D eigenvalue weighted by Gasteiger charge is -2.21. The number of carbonyl (C=O) groups excluding carboxylic acids is 2. The van der Waals surface area contributed by atoms with Crippen LogP contribution in [-0.2, 0) is 19.1 Å². The third kappa shape index (κ3) is 7.32. The number of rotatable bonds is 4. The number of ketones is 1. The van der Waals surface area contributed by atoms with Crippen molar-refractivity contribution in [1.82, 2.24) is 0 Å². The maximum absolute atomic E-state index is 12.2. The van der Waals surface area contributed by atoms with Crippen LogP contribution in [0.3, 0.4) is 0 Å². The number of aliphatic carboxylic acids is 1. The Hall–Kier alpha value is -1.12. The van der Waals surface area contributed by atoms with Crippen LogP contribution >= 0.6 is 11.8 Å². The summed E-state index contributed by atoms with van der Waals surface area (Å²) in [5.74, 6) is -2.69. The molecular formula is C15H24O7S. The van der Waals surface area contributed by atoms with E-state index in [2.05, 4.69) is 0 Å². The number of carboxylic acid groups (broad SMARTS) is 1. The fraction of sp³-hybridized carbons (Fsp3) is 0.800. The molecule has 1 aliphatic heterocycles. The number of cyclic esters (lactones) is 1. The zero-order valence-electron chi connectivity index (χ0n) is 13.1. The quantitative estimate of drug-likeness (QED) is 0.636. The first-order valence-electron chi connectivity index (χ1n) is 7.75. The van der Waals surface area contributed by atoms with Crippen LogP contribution < -0.4 is 0 Å². The fourth-order valence-electron chi connectivity index (χ4n) is 2.25. The second kappa shape index (κ2) is 9.89. The normalized spacial score (nSPS) is 29.1. The summed E-state index contributed by atoms with van der Waals surface area (Å²) in [6, 6.07) is 0. The lowest BCUT2D eigenvalue weighted by atomic mass is 10.0. The Morgan fingerprint density at radius 1 is 1.30 bits per heavy atom. The van der Waals surface area contributed by atoms with Gasteiger partial charge in [-0.15, -0.1) is 11.8 Å². The van der Waals surface area contributed by atoms with Crippen molar-refractivity contribution in [3.8, 4) is 0 Å². The topological polar surface area (TPSA) is 121 Å². The molecule has 7 nitrogen and oxygen atoms in total. The number of esters is 1. The van der Waals surface area contributed by atoms with E-state index in [1.165, 1.54) is 0 Å². The molecule has 1 heterocycles. The molecule has 0 radical (unpaired) electrons. The monoisotopic (exact) mass is 348 g/mol. The van der Waals surface area contributed by atoms with Crippen molar-refractivity contribution in [2.45, 2.75) is 69.0 Å². The summed E-state index contributed by atoms with van der Waals surface area (Å²) in [5.41, 5.74) is 0. The molecule has 0 saturated carbocycles. The van der Waals surface area contributed by atoms with E-state index in [-0.39, 0.29) is 18.3 Å². The third-order valence-electron chi connectivity index (χ3n) is 3.67. The first-order valence-corrected chi connectivity index (χ1v) is 8.80. The average molecular weight is 348 g/mol. The summed E-state index contributed by atoms with van der Waals surface area (Å²) in [5, 5.41) is 26.9. The van der Waals surface area contributed by atoms with Gasteiger partial charge in [-0.3, -0.25) is 9.59 Å². The van der Waals surface area contributed by atoms with Crippen molar-refractivity contribution in [3.05, 3.63) is 0 Å². The van der Waals surface area contributed by atoms with Crippen LogP contribution in [0.5, 0.6) is 0 Å². The van der Waals surface area contributed by atoms with Gasteiger partial charge in [0, 0.05) is 12.2 Å². The van der Waals surface area contributed by atoms with E-state index in [9.17, 15) is 24.6 Å². The second-order valence-corrected chi connectivity index (χ2v) is 6.98. The molecule has 1 saturated heterocycles. The van der Waals surface area contributed by atoms with Crippen molar-refractivity contribution in [1.29, 1.82) is 0 Å². The van der Waals surface area contributed by atoms with Crippen LogP contribution in [0.1, 0.15) is 45.4 Å². The van der Waals surface area contributed by atoms with Crippen molar-refractivity contribution in [2.24, 2.45) is 0 Å². The van der Waals surface area contributed by atoms with E-state index in [1.54, 1.807) is 6.92 Å². The lowest BCUT2D eigenvalue weighted by molar-refractivity contribution is -0.149. The lowest BCUT2D eigenvalue weighted by Crippen LogP contribution is -2.33. The number of carbonyl (C=O) groups is 3. The van der Waals surface area contributed by atoms with Crippen LogP contribution in [0.4, 0.5) is 0 Å². The second-order valence-electron chi connectivity index (χ2n) is 5.75. The zero-order valence-corrected chi connectivity index (χ0v) is 14.0. The number of aliphatic hydroxyl groups excluding tert-OH is 2. The number of ether oxygens (including phenoxy) is 1. The first-order chi connectivity index (χ1) is 10.8. The van der Waals surface area contributed by atoms with Gasteiger partial charge in [0.2, 0.25) is 0 Å². The molecule has 1 rings (SSSR count). The smallest absolute Gasteiger partial charge is 0.333 e. The molecule has 0 aromatic heterocycles. The molecule has 1 aliphatic rings. The van der Waals surface area contributed by atoms with Gasteiger partial charge in [-0.2, -0.15) is 0 Å². The SMILES string of the molecule is C[C@@H]1CCCCC[C@H](O)C(=O)C[C@H](SC[C@@H](O)C(=O)O)C(=O)O1. The molecular weight excluding hydrogens is 324 g/mol. The Morgan fingerprint density at radius 3 is 2.61 bits per heavy atom. The molecule has 0 bridgehead atoms. The molecule has 1 fully saturated rings. The highest BCUT2D eigenvalue weighted by molar-refractivity contribution is 8.00. The van der Waals surface area contributed by atoms with Crippen molar-refractivity contribution < 1.29 is 34.4 Å². The fourth-order valence-corrected chi connectivity index (χ4v) is 3.28. The van der Waals surface area contributed by atoms with E-state index in [0.717, 1.165) is 31.0 Å². The minimum absolute atomic E-state index is 0.229. The predicted octanol–water partition coefficient (Wildman–Crippen LogP) is 0.750. The van der Waals surface area contributed by atoms with E-state index in [4.69, 9.17) is 9.84 Å². The molecule has 23 heavy (non-hydrogen) atoms. The van der Waals surface area contributed by atoms with Gasteiger partial charge >= 0.3 is 11.9 Å². The van der Waals surface area contributed by atoms with E-state index in [0.29, 0.717) is 12.8 Å². The van der Waals surface area contributed by atoms with Crippen molar-refractivity contribution in [2.75, 3.05) is 5.75 Å². The van der Waals surface area contributed by atoms with Gasteiger partial charge in [-0.05, 0) is 26.2 Å². The number of hydrogen-bond acceptors (Lipinski definition) is 7. The molecule has 8 heteroatoms. The number of carboxylic acids is 1. The average Bonchev–Trinajstić information content (AvgIpc) is 2.48. The molecule has 0 aromatic carbocycles. The number of thioether (sulfide) groups is 1. The van der Waals surface area contributed by atoms with Crippen molar-refractivity contribution in [3.63, 3.8) is 0 Å². The molecule has 0 aliphatic carbocycles. The maximum Gasteiger partial charge on any atom is 0.333 e. The standard InChI is InChI=1S/C15H24O7S/c1-9-5-3-2-4-6-10(16)11(17)7-13(15(21)22-9)23-8-12(18)14(19)20/h9-10,12-13,16,18H,2-8H2,1H3,(H,19,20)/t9-,10+,12-,13+/m1/s1. The minimum atomic E-state index is -1.62. The Labute approximate surface area is 139 Å². The first kappa shape index (κ1) is 19.9. The van der Waals surface area contributed by atoms with Crippen molar-refractivity contribution >= 4 is 29.5 Å². The van der Waals surface area contributed by atoms with Gasteiger partial charge in [0.15, 0.2) is 11.9 Å². The largest absolute Gasteiger partial charge is 0.479 e. The van der Waals surface area contributed by atoms with E-state index in [1.807, 2.05) is 0 Å². The van der Waals surface area contributed by atoms with Gasteiger partial charge in [-0.1, -0.05) is 12.8 Å².